The van der Waals surface area contributed by atoms with Gasteiger partial charge in [-0.3, -0.25) is 0 Å². The molecule has 2 heteroatoms. The van der Waals surface area contributed by atoms with E-state index in [2.05, 4.69) is 33.4 Å². The Morgan fingerprint density at radius 2 is 2.00 bits per heavy atom. The van der Waals surface area contributed by atoms with Crippen molar-refractivity contribution in [3.63, 3.8) is 0 Å². The normalized spacial score (nSPS) is 43.8. The largest absolute Gasteiger partial charge is 0.478 e. The minimum atomic E-state index is -0.764. The molecule has 5 atom stereocenters. The van der Waals surface area contributed by atoms with Gasteiger partial charge in [-0.2, -0.15) is 0 Å². The fourth-order valence-corrected chi connectivity index (χ4v) is 6.34. The fraction of sp³-hybridized carbons (Fsp3) is 0.750. The first-order valence-corrected chi connectivity index (χ1v) is 8.80. The summed E-state index contributed by atoms with van der Waals surface area (Å²) in [6.45, 7) is 13.3. The van der Waals surface area contributed by atoms with Crippen molar-refractivity contribution in [1.82, 2.24) is 0 Å². The van der Waals surface area contributed by atoms with E-state index in [9.17, 15) is 9.90 Å². The number of rotatable bonds is 2. The zero-order valence-electron chi connectivity index (χ0n) is 14.5. The summed E-state index contributed by atoms with van der Waals surface area (Å²) in [5.74, 6) is 1.62. The Bertz CT molecular complexity index is 542. The molecule has 3 fully saturated rings. The first kappa shape index (κ1) is 15.8. The Balaban J connectivity index is 2.19. The standard InChI is InChI=1S/C20H30O2/c1-12-7-9-17-19(4,5)11-16-13(2)6-8-15(12)20(16,17)10-14(3)18(21)22/h10,12,15-17H,2,6-9,11H2,1,3-5H3,(H,21,22)/b14-10+/t12-,15-,16-,17+,20+/m1/s1. The van der Waals surface area contributed by atoms with Crippen LogP contribution in [-0.2, 0) is 4.79 Å². The smallest absolute Gasteiger partial charge is 0.330 e. The van der Waals surface area contributed by atoms with E-state index in [1.54, 1.807) is 6.92 Å². The number of carbonyl (C=O) groups is 1. The molecule has 0 bridgehead atoms. The third kappa shape index (κ3) is 2.02. The molecular formula is C20H30O2. The molecule has 0 aliphatic heterocycles. The predicted molar refractivity (Wildman–Crippen MR) is 89.5 cm³/mol. The summed E-state index contributed by atoms with van der Waals surface area (Å²) in [7, 11) is 0. The van der Waals surface area contributed by atoms with Crippen molar-refractivity contribution in [3.05, 3.63) is 23.8 Å². The van der Waals surface area contributed by atoms with Crippen LogP contribution in [0.1, 0.15) is 59.8 Å². The van der Waals surface area contributed by atoms with Crippen molar-refractivity contribution in [1.29, 1.82) is 0 Å². The summed E-state index contributed by atoms with van der Waals surface area (Å²) in [6, 6.07) is 0. The van der Waals surface area contributed by atoms with Gasteiger partial charge in [0.15, 0.2) is 0 Å². The zero-order chi connectivity index (χ0) is 16.3. The van der Waals surface area contributed by atoms with Crippen LogP contribution in [-0.4, -0.2) is 11.1 Å². The zero-order valence-corrected chi connectivity index (χ0v) is 14.5. The molecule has 0 heterocycles. The van der Waals surface area contributed by atoms with E-state index in [1.165, 1.54) is 31.3 Å². The van der Waals surface area contributed by atoms with Gasteiger partial charge in [-0.15, -0.1) is 0 Å². The molecule has 122 valence electrons. The SMILES string of the molecule is C=C1CC[C@@H]2[C@H](C)CC[C@H]3C(C)(C)C[C@H]1[C@]23/C=C(\C)C(=O)O. The Morgan fingerprint density at radius 3 is 2.64 bits per heavy atom. The molecule has 0 aromatic rings. The highest BCUT2D eigenvalue weighted by Crippen LogP contribution is 2.71. The van der Waals surface area contributed by atoms with Crippen LogP contribution in [0.25, 0.3) is 0 Å². The monoisotopic (exact) mass is 302 g/mol. The van der Waals surface area contributed by atoms with Gasteiger partial charge in [-0.25, -0.2) is 4.79 Å². The molecule has 3 aliphatic carbocycles. The van der Waals surface area contributed by atoms with Gasteiger partial charge in [0.05, 0.1) is 0 Å². The number of hydrogen-bond acceptors (Lipinski definition) is 1. The predicted octanol–water partition coefficient (Wildman–Crippen LogP) is 5.06. The lowest BCUT2D eigenvalue weighted by Crippen LogP contribution is -2.49. The number of carboxylic acids is 1. The molecule has 0 unspecified atom stereocenters. The van der Waals surface area contributed by atoms with Crippen LogP contribution in [0.2, 0.25) is 0 Å². The molecule has 22 heavy (non-hydrogen) atoms. The second-order valence-electron chi connectivity index (χ2n) is 8.79. The lowest BCUT2D eigenvalue weighted by atomic mass is 9.48. The van der Waals surface area contributed by atoms with E-state index < -0.39 is 5.97 Å². The van der Waals surface area contributed by atoms with Crippen LogP contribution >= 0.6 is 0 Å². The number of aliphatic carboxylic acids is 1. The summed E-state index contributed by atoms with van der Waals surface area (Å²) in [5.41, 5.74) is 2.22. The van der Waals surface area contributed by atoms with E-state index in [0.29, 0.717) is 29.2 Å². The maximum Gasteiger partial charge on any atom is 0.330 e. The highest BCUT2D eigenvalue weighted by atomic mass is 16.4. The van der Waals surface area contributed by atoms with E-state index in [4.69, 9.17) is 0 Å². The number of hydrogen-bond donors (Lipinski definition) is 1. The molecular weight excluding hydrogens is 272 g/mol. The number of carboxylic acid groups (broad SMARTS) is 1. The van der Waals surface area contributed by atoms with Gasteiger partial charge in [-0.05, 0) is 61.7 Å². The Morgan fingerprint density at radius 1 is 1.32 bits per heavy atom. The fourth-order valence-electron chi connectivity index (χ4n) is 6.34. The van der Waals surface area contributed by atoms with Crippen molar-refractivity contribution in [2.45, 2.75) is 59.8 Å². The highest BCUT2D eigenvalue weighted by Gasteiger charge is 2.64. The maximum atomic E-state index is 11.5. The van der Waals surface area contributed by atoms with Crippen molar-refractivity contribution in [2.75, 3.05) is 0 Å². The summed E-state index contributed by atoms with van der Waals surface area (Å²) in [6.07, 6.45) is 8.18. The Labute approximate surface area is 134 Å². The van der Waals surface area contributed by atoms with E-state index in [-0.39, 0.29) is 10.8 Å². The van der Waals surface area contributed by atoms with Gasteiger partial charge in [-0.1, -0.05) is 45.4 Å². The lowest BCUT2D eigenvalue weighted by molar-refractivity contribution is -0.132. The van der Waals surface area contributed by atoms with Gasteiger partial charge in [0.25, 0.3) is 0 Å². The van der Waals surface area contributed by atoms with Crippen LogP contribution in [0.4, 0.5) is 0 Å². The molecule has 1 N–H and O–H groups in total. The third-order valence-corrected chi connectivity index (χ3v) is 7.19. The van der Waals surface area contributed by atoms with E-state index in [1.807, 2.05) is 0 Å². The molecule has 3 aliphatic rings. The van der Waals surface area contributed by atoms with Crippen molar-refractivity contribution in [2.24, 2.45) is 34.5 Å². The molecule has 2 nitrogen and oxygen atoms in total. The van der Waals surface area contributed by atoms with E-state index >= 15 is 0 Å². The van der Waals surface area contributed by atoms with Crippen LogP contribution in [0, 0.1) is 34.5 Å². The molecule has 0 aromatic heterocycles. The molecule has 0 radical (unpaired) electrons. The second kappa shape index (κ2) is 4.97. The minimum Gasteiger partial charge on any atom is -0.478 e. The van der Waals surface area contributed by atoms with Crippen LogP contribution < -0.4 is 0 Å². The second-order valence-corrected chi connectivity index (χ2v) is 8.79. The molecule has 0 aromatic carbocycles. The summed E-state index contributed by atoms with van der Waals surface area (Å²) in [4.78, 5) is 11.5. The van der Waals surface area contributed by atoms with E-state index in [0.717, 1.165) is 6.42 Å². The molecule has 0 spiro atoms. The average molecular weight is 302 g/mol. The summed E-state index contributed by atoms with van der Waals surface area (Å²) in [5, 5.41) is 9.46. The van der Waals surface area contributed by atoms with Crippen molar-refractivity contribution in [3.8, 4) is 0 Å². The van der Waals surface area contributed by atoms with Crippen molar-refractivity contribution < 1.29 is 9.90 Å². The van der Waals surface area contributed by atoms with Gasteiger partial charge in [0.2, 0.25) is 0 Å². The van der Waals surface area contributed by atoms with Crippen LogP contribution in [0.15, 0.2) is 23.8 Å². The van der Waals surface area contributed by atoms with Crippen LogP contribution in [0.3, 0.4) is 0 Å². The van der Waals surface area contributed by atoms with Gasteiger partial charge in [0.1, 0.15) is 0 Å². The van der Waals surface area contributed by atoms with Crippen molar-refractivity contribution >= 4 is 5.97 Å². The molecule has 0 amide bonds. The Hall–Kier alpha value is -1.05. The van der Waals surface area contributed by atoms with Gasteiger partial charge < -0.3 is 5.11 Å². The Kier molecular flexibility index (Phi) is 3.58. The third-order valence-electron chi connectivity index (χ3n) is 7.19. The lowest BCUT2D eigenvalue weighted by Gasteiger charge is -2.56. The van der Waals surface area contributed by atoms with Gasteiger partial charge >= 0.3 is 5.97 Å². The molecule has 3 saturated carbocycles. The highest BCUT2D eigenvalue weighted by molar-refractivity contribution is 5.86. The summed E-state index contributed by atoms with van der Waals surface area (Å²) < 4.78 is 0. The first-order valence-electron chi connectivity index (χ1n) is 8.80. The summed E-state index contributed by atoms with van der Waals surface area (Å²) >= 11 is 0. The average Bonchev–Trinajstić information content (AvgIpc) is 2.65. The van der Waals surface area contributed by atoms with Gasteiger partial charge in [0, 0.05) is 11.0 Å². The molecule has 0 saturated heterocycles. The topological polar surface area (TPSA) is 37.3 Å². The quantitative estimate of drug-likeness (QED) is 0.571. The minimum absolute atomic E-state index is 0.0406. The number of allylic oxidation sites excluding steroid dienone is 2. The van der Waals surface area contributed by atoms with Crippen LogP contribution in [0.5, 0.6) is 0 Å². The maximum absolute atomic E-state index is 11.5. The first-order chi connectivity index (χ1) is 10.2. The molecule has 3 rings (SSSR count).